The smallest absolute Gasteiger partial charge is 0.171 e. The van der Waals surface area contributed by atoms with E-state index in [9.17, 15) is 4.79 Å². The average molecular weight is 239 g/mol. The zero-order valence-electron chi connectivity index (χ0n) is 11.1. The van der Waals surface area contributed by atoms with Crippen molar-refractivity contribution >= 4 is 5.78 Å². The van der Waals surface area contributed by atoms with Crippen molar-refractivity contribution in [1.82, 2.24) is 14.8 Å². The molecule has 0 aliphatic carbocycles. The van der Waals surface area contributed by atoms with Gasteiger partial charge < -0.3 is 4.74 Å². The Morgan fingerprint density at radius 3 is 2.76 bits per heavy atom. The van der Waals surface area contributed by atoms with E-state index < -0.39 is 5.60 Å². The summed E-state index contributed by atoms with van der Waals surface area (Å²) in [6, 6.07) is 0. The number of aryl methyl sites for hydroxylation is 1. The van der Waals surface area contributed by atoms with E-state index in [4.69, 9.17) is 4.74 Å². The van der Waals surface area contributed by atoms with Crippen molar-refractivity contribution in [2.45, 2.75) is 52.7 Å². The van der Waals surface area contributed by atoms with E-state index in [-0.39, 0.29) is 12.2 Å². The van der Waals surface area contributed by atoms with Crippen LogP contribution in [0.15, 0.2) is 6.33 Å². The van der Waals surface area contributed by atoms with Crippen LogP contribution in [0.25, 0.3) is 0 Å². The maximum absolute atomic E-state index is 12.1. The fourth-order valence-electron chi connectivity index (χ4n) is 1.62. The van der Waals surface area contributed by atoms with Crippen LogP contribution < -0.4 is 0 Å². The molecule has 1 heterocycles. The minimum absolute atomic E-state index is 0.0321. The van der Waals surface area contributed by atoms with E-state index in [2.05, 4.69) is 17.0 Å². The SMILES string of the molecule is CCCn1ncnc1CC(=O)C(C)(C)OCC. The van der Waals surface area contributed by atoms with Gasteiger partial charge in [-0.3, -0.25) is 4.79 Å². The summed E-state index contributed by atoms with van der Waals surface area (Å²) < 4.78 is 7.21. The van der Waals surface area contributed by atoms with Gasteiger partial charge >= 0.3 is 0 Å². The second-order valence-electron chi connectivity index (χ2n) is 4.44. The highest BCUT2D eigenvalue weighted by Crippen LogP contribution is 2.13. The Morgan fingerprint density at radius 2 is 2.18 bits per heavy atom. The standard InChI is InChI=1S/C12H21N3O2/c1-5-7-15-11(13-9-14-15)8-10(16)12(3,4)17-6-2/h9H,5-8H2,1-4H3. The number of Topliss-reactive ketones (excluding diaryl/α,β-unsaturated/α-hetero) is 1. The van der Waals surface area contributed by atoms with E-state index >= 15 is 0 Å². The Balaban J connectivity index is 2.70. The lowest BCUT2D eigenvalue weighted by Gasteiger charge is -2.22. The largest absolute Gasteiger partial charge is 0.368 e. The van der Waals surface area contributed by atoms with Gasteiger partial charge in [0.05, 0.1) is 6.42 Å². The molecular weight excluding hydrogens is 218 g/mol. The van der Waals surface area contributed by atoms with Gasteiger partial charge in [0.25, 0.3) is 0 Å². The second kappa shape index (κ2) is 5.91. The number of hydrogen-bond acceptors (Lipinski definition) is 4. The molecule has 1 aromatic rings. The fraction of sp³-hybridized carbons (Fsp3) is 0.750. The zero-order valence-corrected chi connectivity index (χ0v) is 11.1. The van der Waals surface area contributed by atoms with Gasteiger partial charge in [0.2, 0.25) is 0 Å². The first-order chi connectivity index (χ1) is 8.01. The van der Waals surface area contributed by atoms with Crippen LogP contribution >= 0.6 is 0 Å². The topological polar surface area (TPSA) is 57.0 Å². The summed E-state index contributed by atoms with van der Waals surface area (Å²) in [7, 11) is 0. The Morgan fingerprint density at radius 1 is 1.47 bits per heavy atom. The fourth-order valence-corrected chi connectivity index (χ4v) is 1.62. The van der Waals surface area contributed by atoms with Crippen LogP contribution in [0.1, 0.15) is 39.9 Å². The molecule has 0 aliphatic rings. The lowest BCUT2D eigenvalue weighted by molar-refractivity contribution is -0.139. The number of carbonyl (C=O) groups is 1. The van der Waals surface area contributed by atoms with Crippen LogP contribution in [0.3, 0.4) is 0 Å². The van der Waals surface area contributed by atoms with Crippen LogP contribution in [0.4, 0.5) is 0 Å². The minimum Gasteiger partial charge on any atom is -0.368 e. The molecule has 0 aromatic carbocycles. The molecule has 0 amide bonds. The number of nitrogens with zero attached hydrogens (tertiary/aromatic N) is 3. The first kappa shape index (κ1) is 13.8. The van der Waals surface area contributed by atoms with Crippen molar-refractivity contribution in [3.05, 3.63) is 12.2 Å². The molecule has 0 fully saturated rings. The van der Waals surface area contributed by atoms with Gasteiger partial charge in [-0.05, 0) is 27.2 Å². The van der Waals surface area contributed by atoms with Gasteiger partial charge in [-0.2, -0.15) is 5.10 Å². The third-order valence-electron chi connectivity index (χ3n) is 2.63. The van der Waals surface area contributed by atoms with Crippen LogP contribution in [0, 0.1) is 0 Å². The van der Waals surface area contributed by atoms with Crippen molar-refractivity contribution < 1.29 is 9.53 Å². The van der Waals surface area contributed by atoms with Crippen LogP contribution in [-0.2, 0) is 22.5 Å². The molecular formula is C12H21N3O2. The summed E-state index contributed by atoms with van der Waals surface area (Å²) in [5.74, 6) is 0.745. The molecule has 17 heavy (non-hydrogen) atoms. The quantitative estimate of drug-likeness (QED) is 0.725. The highest BCUT2D eigenvalue weighted by atomic mass is 16.5. The van der Waals surface area contributed by atoms with E-state index in [1.807, 2.05) is 6.92 Å². The summed E-state index contributed by atoms with van der Waals surface area (Å²) in [6.07, 6.45) is 2.73. The molecule has 0 saturated carbocycles. The number of rotatable bonds is 7. The predicted octanol–water partition coefficient (Wildman–Crippen LogP) is 1.61. The highest BCUT2D eigenvalue weighted by molar-refractivity contribution is 5.87. The van der Waals surface area contributed by atoms with Crippen molar-refractivity contribution in [3.8, 4) is 0 Å². The van der Waals surface area contributed by atoms with Gasteiger partial charge in [0.1, 0.15) is 17.8 Å². The average Bonchev–Trinajstić information content (AvgIpc) is 2.66. The molecule has 0 saturated heterocycles. The maximum Gasteiger partial charge on any atom is 0.171 e. The van der Waals surface area contributed by atoms with Gasteiger partial charge in [-0.25, -0.2) is 9.67 Å². The molecule has 0 atom stereocenters. The minimum atomic E-state index is -0.752. The normalized spacial score (nSPS) is 11.8. The van der Waals surface area contributed by atoms with Crippen molar-refractivity contribution in [3.63, 3.8) is 0 Å². The molecule has 0 spiro atoms. The van der Waals surface area contributed by atoms with Crippen molar-refractivity contribution in [1.29, 1.82) is 0 Å². The van der Waals surface area contributed by atoms with Crippen LogP contribution in [0.5, 0.6) is 0 Å². The molecule has 1 rings (SSSR count). The number of ketones is 1. The Labute approximate surface area is 102 Å². The molecule has 0 unspecified atom stereocenters. The molecule has 1 aromatic heterocycles. The summed E-state index contributed by atoms with van der Waals surface area (Å²) in [4.78, 5) is 16.2. The van der Waals surface area contributed by atoms with Gasteiger partial charge in [0.15, 0.2) is 5.78 Å². The van der Waals surface area contributed by atoms with Crippen molar-refractivity contribution in [2.75, 3.05) is 6.61 Å². The van der Waals surface area contributed by atoms with Crippen molar-refractivity contribution in [2.24, 2.45) is 0 Å². The lowest BCUT2D eigenvalue weighted by Crippen LogP contribution is -2.37. The second-order valence-corrected chi connectivity index (χ2v) is 4.44. The molecule has 5 heteroatoms. The number of hydrogen-bond donors (Lipinski definition) is 0. The van der Waals surface area contributed by atoms with Gasteiger partial charge in [0, 0.05) is 13.2 Å². The maximum atomic E-state index is 12.1. The molecule has 0 N–H and O–H groups in total. The van der Waals surface area contributed by atoms with Crippen LogP contribution in [-0.4, -0.2) is 32.8 Å². The molecule has 96 valence electrons. The summed E-state index contributed by atoms with van der Waals surface area (Å²) in [5.41, 5.74) is -0.752. The van der Waals surface area contributed by atoms with Crippen LogP contribution in [0.2, 0.25) is 0 Å². The predicted molar refractivity (Wildman–Crippen MR) is 64.7 cm³/mol. The Hall–Kier alpha value is -1.23. The summed E-state index contributed by atoms with van der Waals surface area (Å²) in [5, 5.41) is 4.10. The Kier molecular flexibility index (Phi) is 4.81. The molecule has 5 nitrogen and oxygen atoms in total. The Bertz CT molecular complexity index is 372. The zero-order chi connectivity index (χ0) is 12.9. The number of ether oxygens (including phenoxy) is 1. The number of aromatic nitrogens is 3. The third-order valence-corrected chi connectivity index (χ3v) is 2.63. The molecule has 0 bridgehead atoms. The molecule has 0 aliphatic heterocycles. The summed E-state index contributed by atoms with van der Waals surface area (Å²) >= 11 is 0. The van der Waals surface area contributed by atoms with E-state index in [0.717, 1.165) is 13.0 Å². The van der Waals surface area contributed by atoms with E-state index in [1.165, 1.54) is 6.33 Å². The third kappa shape index (κ3) is 3.63. The van der Waals surface area contributed by atoms with Gasteiger partial charge in [-0.15, -0.1) is 0 Å². The number of carbonyl (C=O) groups excluding carboxylic acids is 1. The molecule has 0 radical (unpaired) electrons. The van der Waals surface area contributed by atoms with E-state index in [0.29, 0.717) is 12.4 Å². The lowest BCUT2D eigenvalue weighted by atomic mass is 10.0. The van der Waals surface area contributed by atoms with E-state index in [1.54, 1.807) is 18.5 Å². The highest BCUT2D eigenvalue weighted by Gasteiger charge is 2.28. The van der Waals surface area contributed by atoms with Gasteiger partial charge in [-0.1, -0.05) is 6.92 Å². The summed E-state index contributed by atoms with van der Waals surface area (Å²) in [6.45, 7) is 8.85. The monoisotopic (exact) mass is 239 g/mol. The first-order valence-electron chi connectivity index (χ1n) is 6.05. The first-order valence-corrected chi connectivity index (χ1v) is 6.05.